The van der Waals surface area contributed by atoms with Gasteiger partial charge in [0.15, 0.2) is 11.5 Å². The third kappa shape index (κ3) is 2.23. The number of methoxy groups -OCH3 is 2. The Morgan fingerprint density at radius 3 is 2.27 bits per heavy atom. The molecule has 1 rings (SSSR count). The molecule has 0 fully saturated rings. The van der Waals surface area contributed by atoms with Crippen molar-refractivity contribution in [3.05, 3.63) is 23.3 Å². The molecular weight excluding hydrogens is 190 g/mol. The lowest BCUT2D eigenvalue weighted by atomic mass is 9.95. The van der Waals surface area contributed by atoms with Gasteiger partial charge >= 0.3 is 0 Å². The summed E-state index contributed by atoms with van der Waals surface area (Å²) in [7, 11) is 3.30. The lowest BCUT2D eigenvalue weighted by molar-refractivity contribution is 0.349. The predicted molar refractivity (Wildman–Crippen MR) is 61.5 cm³/mol. The molecule has 0 aliphatic heterocycles. The number of hydrogen-bond donors (Lipinski definition) is 1. The first-order chi connectivity index (χ1) is 7.15. The standard InChI is InChI=1S/C12H19NO2/c1-8(2)11-9(7-13)5-6-10(14-3)12(11)15-4/h5-6,8H,7,13H2,1-4H3. The van der Waals surface area contributed by atoms with Crippen molar-refractivity contribution in [1.29, 1.82) is 0 Å². The Bertz CT molecular complexity index is 335. The van der Waals surface area contributed by atoms with Crippen molar-refractivity contribution in [3.8, 4) is 11.5 Å². The van der Waals surface area contributed by atoms with Crippen LogP contribution in [0.25, 0.3) is 0 Å². The first-order valence-electron chi connectivity index (χ1n) is 5.09. The molecule has 0 saturated carbocycles. The molecule has 15 heavy (non-hydrogen) atoms. The van der Waals surface area contributed by atoms with E-state index >= 15 is 0 Å². The zero-order chi connectivity index (χ0) is 11.4. The van der Waals surface area contributed by atoms with Crippen molar-refractivity contribution in [3.63, 3.8) is 0 Å². The normalized spacial score (nSPS) is 10.5. The molecule has 0 saturated heterocycles. The van der Waals surface area contributed by atoms with Crippen LogP contribution in [0, 0.1) is 0 Å². The zero-order valence-corrected chi connectivity index (χ0v) is 9.83. The minimum absolute atomic E-state index is 0.369. The van der Waals surface area contributed by atoms with Gasteiger partial charge in [0.25, 0.3) is 0 Å². The molecule has 0 bridgehead atoms. The van der Waals surface area contributed by atoms with E-state index in [0.29, 0.717) is 12.5 Å². The van der Waals surface area contributed by atoms with E-state index in [2.05, 4.69) is 13.8 Å². The van der Waals surface area contributed by atoms with E-state index < -0.39 is 0 Å². The molecule has 0 unspecified atom stereocenters. The Hall–Kier alpha value is -1.22. The third-order valence-electron chi connectivity index (χ3n) is 2.47. The second-order valence-electron chi connectivity index (χ2n) is 3.73. The highest BCUT2D eigenvalue weighted by atomic mass is 16.5. The summed E-state index contributed by atoms with van der Waals surface area (Å²) in [6, 6.07) is 3.89. The molecule has 3 nitrogen and oxygen atoms in total. The Labute approximate surface area is 91.2 Å². The minimum atomic E-state index is 0.369. The second-order valence-corrected chi connectivity index (χ2v) is 3.73. The summed E-state index contributed by atoms with van der Waals surface area (Å²) >= 11 is 0. The number of hydrogen-bond acceptors (Lipinski definition) is 3. The molecule has 1 aromatic carbocycles. The summed E-state index contributed by atoms with van der Waals surface area (Å²) in [4.78, 5) is 0. The zero-order valence-electron chi connectivity index (χ0n) is 9.83. The number of nitrogens with two attached hydrogens (primary N) is 1. The highest BCUT2D eigenvalue weighted by Gasteiger charge is 2.16. The third-order valence-corrected chi connectivity index (χ3v) is 2.47. The van der Waals surface area contributed by atoms with Gasteiger partial charge in [-0.2, -0.15) is 0 Å². The summed E-state index contributed by atoms with van der Waals surface area (Å²) in [6.45, 7) is 4.76. The lowest BCUT2D eigenvalue weighted by Gasteiger charge is -2.18. The van der Waals surface area contributed by atoms with Crippen LogP contribution in [-0.4, -0.2) is 14.2 Å². The van der Waals surface area contributed by atoms with Crippen molar-refractivity contribution in [1.82, 2.24) is 0 Å². The highest BCUT2D eigenvalue weighted by Crippen LogP contribution is 2.37. The van der Waals surface area contributed by atoms with E-state index in [1.807, 2.05) is 12.1 Å². The number of ether oxygens (including phenoxy) is 2. The maximum absolute atomic E-state index is 5.71. The van der Waals surface area contributed by atoms with Crippen LogP contribution in [0.1, 0.15) is 30.9 Å². The Balaban J connectivity index is 3.37. The van der Waals surface area contributed by atoms with Crippen LogP contribution in [0.2, 0.25) is 0 Å². The Kier molecular flexibility index (Phi) is 3.97. The van der Waals surface area contributed by atoms with Crippen molar-refractivity contribution in [2.45, 2.75) is 26.3 Å². The van der Waals surface area contributed by atoms with Crippen LogP contribution in [0.15, 0.2) is 12.1 Å². The van der Waals surface area contributed by atoms with Gasteiger partial charge in [-0.05, 0) is 17.5 Å². The molecule has 0 aliphatic carbocycles. The van der Waals surface area contributed by atoms with Gasteiger partial charge in [0, 0.05) is 12.1 Å². The summed E-state index contributed by atoms with van der Waals surface area (Å²) in [5.74, 6) is 1.93. The van der Waals surface area contributed by atoms with Crippen LogP contribution in [-0.2, 0) is 6.54 Å². The monoisotopic (exact) mass is 209 g/mol. The van der Waals surface area contributed by atoms with E-state index in [4.69, 9.17) is 15.2 Å². The van der Waals surface area contributed by atoms with Gasteiger partial charge in [0.05, 0.1) is 14.2 Å². The van der Waals surface area contributed by atoms with Gasteiger partial charge in [-0.1, -0.05) is 19.9 Å². The maximum atomic E-state index is 5.71. The molecule has 84 valence electrons. The molecular formula is C12H19NO2. The molecule has 0 heterocycles. The van der Waals surface area contributed by atoms with E-state index in [1.54, 1.807) is 14.2 Å². The van der Waals surface area contributed by atoms with Crippen molar-refractivity contribution in [2.75, 3.05) is 14.2 Å². The van der Waals surface area contributed by atoms with Gasteiger partial charge in [-0.3, -0.25) is 0 Å². The smallest absolute Gasteiger partial charge is 0.164 e. The minimum Gasteiger partial charge on any atom is -0.493 e. The van der Waals surface area contributed by atoms with E-state index in [-0.39, 0.29) is 0 Å². The first kappa shape index (κ1) is 11.9. The molecule has 0 aliphatic rings. The molecule has 0 amide bonds. The lowest BCUT2D eigenvalue weighted by Crippen LogP contribution is -2.06. The van der Waals surface area contributed by atoms with Crippen LogP contribution in [0.3, 0.4) is 0 Å². The molecule has 0 aromatic heterocycles. The van der Waals surface area contributed by atoms with E-state index in [1.165, 1.54) is 0 Å². The summed E-state index contributed by atoms with van der Waals surface area (Å²) in [5.41, 5.74) is 7.96. The first-order valence-corrected chi connectivity index (χ1v) is 5.09. The summed E-state index contributed by atoms with van der Waals surface area (Å²) < 4.78 is 10.7. The fourth-order valence-corrected chi connectivity index (χ4v) is 1.80. The largest absolute Gasteiger partial charge is 0.493 e. The molecule has 2 N–H and O–H groups in total. The molecule has 0 spiro atoms. The summed E-state index contributed by atoms with van der Waals surface area (Å²) in [5, 5.41) is 0. The SMILES string of the molecule is COc1ccc(CN)c(C(C)C)c1OC. The predicted octanol–water partition coefficient (Wildman–Crippen LogP) is 2.29. The van der Waals surface area contributed by atoms with Crippen molar-refractivity contribution in [2.24, 2.45) is 5.73 Å². The van der Waals surface area contributed by atoms with Crippen molar-refractivity contribution < 1.29 is 9.47 Å². The van der Waals surface area contributed by atoms with E-state index in [9.17, 15) is 0 Å². The Morgan fingerprint density at radius 1 is 1.20 bits per heavy atom. The van der Waals surface area contributed by atoms with Crippen LogP contribution in [0.4, 0.5) is 0 Å². The molecule has 1 aromatic rings. The van der Waals surface area contributed by atoms with Crippen LogP contribution < -0.4 is 15.2 Å². The van der Waals surface area contributed by atoms with Gasteiger partial charge in [0.2, 0.25) is 0 Å². The molecule has 0 radical (unpaired) electrons. The fraction of sp³-hybridized carbons (Fsp3) is 0.500. The summed E-state index contributed by atoms with van der Waals surface area (Å²) in [6.07, 6.45) is 0. The van der Waals surface area contributed by atoms with Gasteiger partial charge < -0.3 is 15.2 Å². The van der Waals surface area contributed by atoms with Gasteiger partial charge in [-0.25, -0.2) is 0 Å². The molecule has 0 atom stereocenters. The van der Waals surface area contributed by atoms with Crippen LogP contribution >= 0.6 is 0 Å². The van der Waals surface area contributed by atoms with Gasteiger partial charge in [0.1, 0.15) is 0 Å². The quantitative estimate of drug-likeness (QED) is 0.827. The second kappa shape index (κ2) is 5.03. The number of benzene rings is 1. The maximum Gasteiger partial charge on any atom is 0.164 e. The topological polar surface area (TPSA) is 44.5 Å². The fourth-order valence-electron chi connectivity index (χ4n) is 1.80. The molecule has 3 heteroatoms. The average molecular weight is 209 g/mol. The number of rotatable bonds is 4. The highest BCUT2D eigenvalue weighted by molar-refractivity contribution is 5.52. The van der Waals surface area contributed by atoms with Crippen molar-refractivity contribution >= 4 is 0 Å². The average Bonchev–Trinajstić information content (AvgIpc) is 2.26. The van der Waals surface area contributed by atoms with Crippen LogP contribution in [0.5, 0.6) is 11.5 Å². The van der Waals surface area contributed by atoms with Gasteiger partial charge in [-0.15, -0.1) is 0 Å². The Morgan fingerprint density at radius 2 is 1.87 bits per heavy atom. The van der Waals surface area contributed by atoms with E-state index in [0.717, 1.165) is 22.6 Å².